The summed E-state index contributed by atoms with van der Waals surface area (Å²) in [6.07, 6.45) is 0.730. The van der Waals surface area contributed by atoms with Gasteiger partial charge in [-0.2, -0.15) is 4.98 Å². The smallest absolute Gasteiger partial charge is 0.223 e. The van der Waals surface area contributed by atoms with E-state index in [-0.39, 0.29) is 6.04 Å². The molecule has 0 radical (unpaired) electrons. The fraction of sp³-hybridized carbons (Fsp3) is 0.333. The number of benzene rings is 1. The molecule has 3 aromatic rings. The Morgan fingerprint density at radius 3 is 2.95 bits per heavy atom. The van der Waals surface area contributed by atoms with Gasteiger partial charge in [0, 0.05) is 29.7 Å². The fourth-order valence-electron chi connectivity index (χ4n) is 2.19. The molecule has 21 heavy (non-hydrogen) atoms. The molecule has 0 spiro atoms. The standard InChI is InChI=1S/C15H16BrN3O2/c1-9(17-6-5-15-18-10(2)21-19-15)14-8-11-7-12(16)3-4-13(11)20-14/h3-4,7-9,17H,5-6H2,1-2H3. The third-order valence-corrected chi connectivity index (χ3v) is 3.79. The van der Waals surface area contributed by atoms with Crippen molar-refractivity contribution in [2.45, 2.75) is 26.3 Å². The fourth-order valence-corrected chi connectivity index (χ4v) is 2.57. The van der Waals surface area contributed by atoms with Crippen molar-refractivity contribution in [3.8, 4) is 0 Å². The van der Waals surface area contributed by atoms with Gasteiger partial charge in [-0.05, 0) is 31.2 Å². The number of halogens is 1. The van der Waals surface area contributed by atoms with Crippen LogP contribution in [0.15, 0.2) is 37.7 Å². The Kier molecular flexibility index (Phi) is 4.07. The summed E-state index contributed by atoms with van der Waals surface area (Å²) in [5.41, 5.74) is 0.899. The summed E-state index contributed by atoms with van der Waals surface area (Å²) in [6, 6.07) is 8.20. The first-order chi connectivity index (χ1) is 10.1. The van der Waals surface area contributed by atoms with E-state index in [2.05, 4.69) is 50.4 Å². The first kappa shape index (κ1) is 14.3. The minimum Gasteiger partial charge on any atom is -0.459 e. The lowest BCUT2D eigenvalue weighted by Gasteiger charge is -2.09. The minimum absolute atomic E-state index is 0.129. The first-order valence-corrected chi connectivity index (χ1v) is 7.62. The van der Waals surface area contributed by atoms with E-state index in [9.17, 15) is 0 Å². The highest BCUT2D eigenvalue weighted by atomic mass is 79.9. The number of fused-ring (bicyclic) bond motifs is 1. The Bertz CT molecular complexity index is 750. The summed E-state index contributed by atoms with van der Waals surface area (Å²) >= 11 is 3.47. The van der Waals surface area contributed by atoms with Crippen molar-refractivity contribution in [2.75, 3.05) is 6.54 Å². The molecule has 0 aliphatic carbocycles. The molecular weight excluding hydrogens is 334 g/mol. The van der Waals surface area contributed by atoms with E-state index in [1.165, 1.54) is 0 Å². The average molecular weight is 350 g/mol. The van der Waals surface area contributed by atoms with Gasteiger partial charge in [0.2, 0.25) is 5.89 Å². The highest BCUT2D eigenvalue weighted by Gasteiger charge is 2.12. The van der Waals surface area contributed by atoms with E-state index in [1.807, 2.05) is 12.1 Å². The minimum atomic E-state index is 0.129. The Hall–Kier alpha value is -1.66. The molecular formula is C15H16BrN3O2. The second-order valence-corrected chi connectivity index (χ2v) is 5.90. The van der Waals surface area contributed by atoms with Crippen molar-refractivity contribution in [3.05, 3.63) is 46.2 Å². The molecule has 1 aromatic carbocycles. The number of hydrogen-bond donors (Lipinski definition) is 1. The molecule has 0 saturated heterocycles. The van der Waals surface area contributed by atoms with E-state index in [1.54, 1.807) is 6.92 Å². The van der Waals surface area contributed by atoms with Crippen LogP contribution in [0.1, 0.15) is 30.4 Å². The van der Waals surface area contributed by atoms with Gasteiger partial charge in [-0.15, -0.1) is 0 Å². The van der Waals surface area contributed by atoms with Gasteiger partial charge >= 0.3 is 0 Å². The van der Waals surface area contributed by atoms with E-state index in [4.69, 9.17) is 8.94 Å². The predicted octanol–water partition coefficient (Wildman–Crippen LogP) is 3.78. The number of aryl methyl sites for hydroxylation is 1. The molecule has 2 heterocycles. The number of aromatic nitrogens is 2. The molecule has 1 atom stereocenters. The van der Waals surface area contributed by atoms with Crippen LogP contribution < -0.4 is 5.32 Å². The molecule has 1 N–H and O–H groups in total. The second kappa shape index (κ2) is 5.99. The summed E-state index contributed by atoms with van der Waals surface area (Å²) in [6.45, 7) is 4.63. The molecule has 6 heteroatoms. The van der Waals surface area contributed by atoms with Crippen LogP contribution in [0.3, 0.4) is 0 Å². The Balaban J connectivity index is 1.62. The van der Waals surface area contributed by atoms with Crippen LogP contribution in [0.25, 0.3) is 11.0 Å². The SMILES string of the molecule is Cc1nc(CCNC(C)c2cc3cc(Br)ccc3o2)no1. The van der Waals surface area contributed by atoms with Crippen LogP contribution in [0.2, 0.25) is 0 Å². The lowest BCUT2D eigenvalue weighted by Crippen LogP contribution is -2.21. The number of nitrogens with one attached hydrogen (secondary N) is 1. The van der Waals surface area contributed by atoms with Crippen LogP contribution in [0.4, 0.5) is 0 Å². The van der Waals surface area contributed by atoms with Crippen LogP contribution in [0.5, 0.6) is 0 Å². The molecule has 3 rings (SSSR count). The normalized spacial score (nSPS) is 12.9. The Morgan fingerprint density at radius 1 is 1.33 bits per heavy atom. The number of rotatable bonds is 5. The van der Waals surface area contributed by atoms with Crippen LogP contribution in [-0.2, 0) is 6.42 Å². The monoisotopic (exact) mass is 349 g/mol. The van der Waals surface area contributed by atoms with Crippen molar-refractivity contribution in [3.63, 3.8) is 0 Å². The molecule has 0 aliphatic rings. The highest BCUT2D eigenvalue weighted by molar-refractivity contribution is 9.10. The third-order valence-electron chi connectivity index (χ3n) is 3.29. The van der Waals surface area contributed by atoms with E-state index >= 15 is 0 Å². The summed E-state index contributed by atoms with van der Waals surface area (Å²) in [4.78, 5) is 4.18. The van der Waals surface area contributed by atoms with Crippen LogP contribution >= 0.6 is 15.9 Å². The Labute approximate surface area is 130 Å². The second-order valence-electron chi connectivity index (χ2n) is 4.99. The van der Waals surface area contributed by atoms with Crippen LogP contribution in [0, 0.1) is 6.92 Å². The average Bonchev–Trinajstić information content (AvgIpc) is 3.04. The maximum absolute atomic E-state index is 5.86. The van der Waals surface area contributed by atoms with Gasteiger partial charge in [0.25, 0.3) is 0 Å². The van der Waals surface area contributed by atoms with Gasteiger partial charge < -0.3 is 14.3 Å². The molecule has 0 fully saturated rings. The van der Waals surface area contributed by atoms with Gasteiger partial charge in [0.15, 0.2) is 5.82 Å². The van der Waals surface area contributed by atoms with Gasteiger partial charge in [0.05, 0.1) is 6.04 Å². The summed E-state index contributed by atoms with van der Waals surface area (Å²) in [5.74, 6) is 2.24. The molecule has 0 saturated carbocycles. The summed E-state index contributed by atoms with van der Waals surface area (Å²) in [5, 5.41) is 8.38. The third kappa shape index (κ3) is 3.33. The van der Waals surface area contributed by atoms with Crippen molar-refractivity contribution >= 4 is 26.9 Å². The molecule has 1 unspecified atom stereocenters. The van der Waals surface area contributed by atoms with E-state index in [0.29, 0.717) is 5.89 Å². The lowest BCUT2D eigenvalue weighted by molar-refractivity contribution is 0.385. The molecule has 110 valence electrons. The first-order valence-electron chi connectivity index (χ1n) is 6.83. The highest BCUT2D eigenvalue weighted by Crippen LogP contribution is 2.26. The number of nitrogens with zero attached hydrogens (tertiary/aromatic N) is 2. The maximum atomic E-state index is 5.86. The number of furan rings is 1. The summed E-state index contributed by atoms with van der Waals surface area (Å²) < 4.78 is 11.9. The van der Waals surface area contributed by atoms with Crippen molar-refractivity contribution < 1.29 is 8.94 Å². The lowest BCUT2D eigenvalue weighted by atomic mass is 10.2. The zero-order chi connectivity index (χ0) is 14.8. The molecule has 0 bridgehead atoms. The van der Waals surface area contributed by atoms with E-state index in [0.717, 1.165) is 40.0 Å². The molecule has 5 nitrogen and oxygen atoms in total. The van der Waals surface area contributed by atoms with E-state index < -0.39 is 0 Å². The zero-order valence-electron chi connectivity index (χ0n) is 11.9. The maximum Gasteiger partial charge on any atom is 0.223 e. The summed E-state index contributed by atoms with van der Waals surface area (Å²) in [7, 11) is 0. The molecule has 2 aromatic heterocycles. The zero-order valence-corrected chi connectivity index (χ0v) is 13.5. The van der Waals surface area contributed by atoms with Gasteiger partial charge in [-0.3, -0.25) is 0 Å². The van der Waals surface area contributed by atoms with Crippen LogP contribution in [-0.4, -0.2) is 16.7 Å². The quantitative estimate of drug-likeness (QED) is 0.759. The van der Waals surface area contributed by atoms with Crippen molar-refractivity contribution in [1.29, 1.82) is 0 Å². The van der Waals surface area contributed by atoms with Gasteiger partial charge in [-0.25, -0.2) is 0 Å². The topological polar surface area (TPSA) is 64.1 Å². The van der Waals surface area contributed by atoms with Gasteiger partial charge in [-0.1, -0.05) is 21.1 Å². The van der Waals surface area contributed by atoms with Gasteiger partial charge in [0.1, 0.15) is 11.3 Å². The largest absolute Gasteiger partial charge is 0.459 e. The Morgan fingerprint density at radius 2 is 2.19 bits per heavy atom. The molecule has 0 aliphatic heterocycles. The molecule has 0 amide bonds. The van der Waals surface area contributed by atoms with Crippen molar-refractivity contribution in [1.82, 2.24) is 15.5 Å². The number of hydrogen-bond acceptors (Lipinski definition) is 5. The van der Waals surface area contributed by atoms with Crippen molar-refractivity contribution in [2.24, 2.45) is 0 Å². The predicted molar refractivity (Wildman–Crippen MR) is 83.1 cm³/mol.